The summed E-state index contributed by atoms with van der Waals surface area (Å²) in [5, 5.41) is -0.216. The highest BCUT2D eigenvalue weighted by molar-refractivity contribution is 6.64. The Balaban J connectivity index is 2.27. The van der Waals surface area contributed by atoms with Gasteiger partial charge in [0.05, 0.1) is 12.0 Å². The number of halogens is 1. The van der Waals surface area contributed by atoms with Gasteiger partial charge in [0, 0.05) is 25.1 Å². The van der Waals surface area contributed by atoms with Crippen LogP contribution in [0.25, 0.3) is 0 Å². The van der Waals surface area contributed by atoms with Gasteiger partial charge in [0.1, 0.15) is 0 Å². The normalized spacial score (nSPS) is 21.2. The van der Waals surface area contributed by atoms with Gasteiger partial charge in [-0.25, -0.2) is 4.98 Å². The number of rotatable bonds is 1. The highest BCUT2D eigenvalue weighted by Crippen LogP contribution is 2.25. The third kappa shape index (κ3) is 1.48. The smallest absolute Gasteiger partial charge is 0.225 e. The van der Waals surface area contributed by atoms with E-state index in [1.54, 1.807) is 6.33 Å². The second-order valence-corrected chi connectivity index (χ2v) is 3.87. The number of carbonyl (C=O) groups excluding carboxylic acids is 1. The zero-order valence-corrected chi connectivity index (χ0v) is 8.21. The van der Waals surface area contributed by atoms with Crippen LogP contribution in [-0.2, 0) is 24.7 Å². The van der Waals surface area contributed by atoms with Crippen LogP contribution in [0.1, 0.15) is 17.8 Å². The molecule has 0 fully saturated rings. The molecule has 70 valence electrons. The lowest BCUT2D eigenvalue weighted by molar-refractivity contribution is -0.115. The van der Waals surface area contributed by atoms with Crippen molar-refractivity contribution in [1.29, 1.82) is 0 Å². The second kappa shape index (κ2) is 3.14. The van der Waals surface area contributed by atoms with Gasteiger partial charge in [-0.15, -0.1) is 0 Å². The molecule has 1 unspecified atom stereocenters. The van der Waals surface area contributed by atoms with Gasteiger partial charge < -0.3 is 4.57 Å². The molecule has 1 aromatic heterocycles. The van der Waals surface area contributed by atoms with Crippen molar-refractivity contribution in [3.8, 4) is 0 Å². The van der Waals surface area contributed by atoms with Gasteiger partial charge in [-0.2, -0.15) is 0 Å². The predicted molar refractivity (Wildman–Crippen MR) is 49.6 cm³/mol. The van der Waals surface area contributed by atoms with Crippen LogP contribution in [0.15, 0.2) is 6.33 Å². The molecule has 4 heteroatoms. The largest absolute Gasteiger partial charge is 0.337 e. The van der Waals surface area contributed by atoms with Gasteiger partial charge in [0.2, 0.25) is 5.24 Å². The van der Waals surface area contributed by atoms with Gasteiger partial charge in [-0.3, -0.25) is 4.79 Å². The van der Waals surface area contributed by atoms with E-state index in [4.69, 9.17) is 11.6 Å². The number of hydrogen-bond acceptors (Lipinski definition) is 2. The molecule has 0 aliphatic heterocycles. The van der Waals surface area contributed by atoms with E-state index >= 15 is 0 Å². The molecule has 0 spiro atoms. The molecule has 0 radical (unpaired) electrons. The van der Waals surface area contributed by atoms with Crippen LogP contribution in [-0.4, -0.2) is 14.8 Å². The van der Waals surface area contributed by atoms with E-state index in [0.29, 0.717) is 0 Å². The minimum atomic E-state index is -0.216. The lowest BCUT2D eigenvalue weighted by Gasteiger charge is -2.18. The minimum absolute atomic E-state index is 0.00966. The average molecular weight is 199 g/mol. The third-order valence-corrected chi connectivity index (χ3v) is 2.94. The van der Waals surface area contributed by atoms with Gasteiger partial charge in [0.25, 0.3) is 0 Å². The average Bonchev–Trinajstić information content (AvgIpc) is 2.47. The maximum Gasteiger partial charge on any atom is 0.225 e. The molecule has 1 aliphatic carbocycles. The zero-order valence-electron chi connectivity index (χ0n) is 7.46. The Hall–Kier alpha value is -0.830. The molecular formula is C9H11ClN2O. The SMILES string of the molecule is Cn1cnc2c1CC(C(=O)Cl)CC2. The van der Waals surface area contributed by atoms with Crippen LogP contribution in [0.3, 0.4) is 0 Å². The van der Waals surface area contributed by atoms with Crippen LogP contribution in [0.5, 0.6) is 0 Å². The van der Waals surface area contributed by atoms with Crippen molar-refractivity contribution in [3.63, 3.8) is 0 Å². The molecule has 13 heavy (non-hydrogen) atoms. The number of hydrogen-bond donors (Lipinski definition) is 0. The molecule has 1 atom stereocenters. The Morgan fingerprint density at radius 2 is 2.54 bits per heavy atom. The molecule has 1 aliphatic rings. The fraction of sp³-hybridized carbons (Fsp3) is 0.556. The van der Waals surface area contributed by atoms with Crippen LogP contribution >= 0.6 is 11.6 Å². The van der Waals surface area contributed by atoms with Crippen molar-refractivity contribution >= 4 is 16.8 Å². The summed E-state index contributed by atoms with van der Waals surface area (Å²) < 4.78 is 1.97. The molecule has 0 amide bonds. The summed E-state index contributed by atoms with van der Waals surface area (Å²) in [5.74, 6) is -0.00966. The number of nitrogens with zero attached hydrogens (tertiary/aromatic N) is 2. The maximum atomic E-state index is 11.0. The Bertz CT molecular complexity index is 345. The zero-order chi connectivity index (χ0) is 9.42. The van der Waals surface area contributed by atoms with Crippen molar-refractivity contribution in [2.45, 2.75) is 19.3 Å². The summed E-state index contributed by atoms with van der Waals surface area (Å²) in [4.78, 5) is 15.2. The van der Waals surface area contributed by atoms with E-state index in [2.05, 4.69) is 4.98 Å². The first kappa shape index (κ1) is 8.75. The van der Waals surface area contributed by atoms with Crippen LogP contribution in [0.2, 0.25) is 0 Å². The molecule has 0 N–H and O–H groups in total. The molecule has 3 nitrogen and oxygen atoms in total. The molecule has 1 heterocycles. The molecule has 1 aromatic rings. The summed E-state index contributed by atoms with van der Waals surface area (Å²) in [7, 11) is 1.95. The van der Waals surface area contributed by atoms with Gasteiger partial charge in [-0.1, -0.05) is 0 Å². The fourth-order valence-electron chi connectivity index (χ4n) is 1.81. The summed E-state index contributed by atoms with van der Waals surface area (Å²) in [6.07, 6.45) is 4.26. The lowest BCUT2D eigenvalue weighted by Crippen LogP contribution is -2.20. The van der Waals surface area contributed by atoms with E-state index in [1.807, 2.05) is 11.6 Å². The standard InChI is InChI=1S/C9H11ClN2O/c1-12-5-11-7-3-2-6(9(10)13)4-8(7)12/h5-6H,2-4H2,1H3. The molecule has 0 aromatic carbocycles. The number of aryl methyl sites for hydroxylation is 2. The molecule has 0 bridgehead atoms. The number of imidazole rings is 1. The summed E-state index contributed by atoms with van der Waals surface area (Å²) >= 11 is 5.47. The molecule has 0 saturated heterocycles. The Morgan fingerprint density at radius 1 is 1.77 bits per heavy atom. The second-order valence-electron chi connectivity index (χ2n) is 3.49. The predicted octanol–water partition coefficient (Wildman–Crippen LogP) is 1.29. The first-order chi connectivity index (χ1) is 6.18. The summed E-state index contributed by atoms with van der Waals surface area (Å²) in [5.41, 5.74) is 2.28. The number of carbonyl (C=O) groups is 1. The van der Waals surface area contributed by atoms with E-state index in [9.17, 15) is 4.79 Å². The van der Waals surface area contributed by atoms with Crippen molar-refractivity contribution in [3.05, 3.63) is 17.7 Å². The highest BCUT2D eigenvalue weighted by atomic mass is 35.5. The summed E-state index contributed by atoms with van der Waals surface area (Å²) in [6, 6.07) is 0. The van der Waals surface area contributed by atoms with Crippen molar-refractivity contribution < 1.29 is 4.79 Å². The fourth-order valence-corrected chi connectivity index (χ4v) is 2.00. The van der Waals surface area contributed by atoms with E-state index in [0.717, 1.165) is 30.7 Å². The van der Waals surface area contributed by atoms with Crippen molar-refractivity contribution in [1.82, 2.24) is 9.55 Å². The maximum absolute atomic E-state index is 11.0. The first-order valence-corrected chi connectivity index (χ1v) is 4.74. The topological polar surface area (TPSA) is 34.9 Å². The highest BCUT2D eigenvalue weighted by Gasteiger charge is 2.25. The van der Waals surface area contributed by atoms with E-state index in [1.165, 1.54) is 0 Å². The van der Waals surface area contributed by atoms with Crippen molar-refractivity contribution in [2.75, 3.05) is 0 Å². The lowest BCUT2D eigenvalue weighted by atomic mass is 9.91. The van der Waals surface area contributed by atoms with Crippen LogP contribution in [0.4, 0.5) is 0 Å². The molecule has 0 saturated carbocycles. The van der Waals surface area contributed by atoms with Crippen LogP contribution < -0.4 is 0 Å². The Labute approximate surface area is 81.7 Å². The molecular weight excluding hydrogens is 188 g/mol. The van der Waals surface area contributed by atoms with Gasteiger partial charge in [0.15, 0.2) is 0 Å². The monoisotopic (exact) mass is 198 g/mol. The van der Waals surface area contributed by atoms with E-state index < -0.39 is 0 Å². The molecule has 2 rings (SSSR count). The van der Waals surface area contributed by atoms with Crippen molar-refractivity contribution in [2.24, 2.45) is 13.0 Å². The minimum Gasteiger partial charge on any atom is -0.337 e. The third-order valence-electron chi connectivity index (χ3n) is 2.64. The Morgan fingerprint density at radius 3 is 3.23 bits per heavy atom. The number of aromatic nitrogens is 2. The van der Waals surface area contributed by atoms with Gasteiger partial charge in [-0.05, 0) is 24.4 Å². The van der Waals surface area contributed by atoms with Gasteiger partial charge >= 0.3 is 0 Å². The quantitative estimate of drug-likeness (QED) is 0.638. The number of fused-ring (bicyclic) bond motifs is 1. The van der Waals surface area contributed by atoms with E-state index in [-0.39, 0.29) is 11.2 Å². The summed E-state index contributed by atoms with van der Waals surface area (Å²) in [6.45, 7) is 0. The van der Waals surface area contributed by atoms with Crippen LogP contribution in [0, 0.1) is 5.92 Å². The first-order valence-electron chi connectivity index (χ1n) is 4.37. The Kier molecular flexibility index (Phi) is 2.12.